The zero-order chi connectivity index (χ0) is 18.3. The molecule has 0 radical (unpaired) electrons. The van der Waals surface area contributed by atoms with Gasteiger partial charge >= 0.3 is 0 Å². The van der Waals surface area contributed by atoms with E-state index in [0.29, 0.717) is 6.54 Å². The Hall–Kier alpha value is -1.70. The third kappa shape index (κ3) is 3.43. The predicted octanol–water partition coefficient (Wildman–Crippen LogP) is 2.65. The molecule has 2 aliphatic rings. The van der Waals surface area contributed by atoms with E-state index in [1.807, 2.05) is 35.2 Å². The minimum Gasteiger partial charge on any atom is -0.330 e. The zero-order valence-corrected chi connectivity index (χ0v) is 16.3. The van der Waals surface area contributed by atoms with Crippen LogP contribution in [0.1, 0.15) is 34.9 Å². The topological polar surface area (TPSA) is 57.7 Å². The van der Waals surface area contributed by atoms with Crippen LogP contribution in [-0.2, 0) is 21.2 Å². The van der Waals surface area contributed by atoms with Crippen molar-refractivity contribution in [3.63, 3.8) is 0 Å². The molecular weight excluding hydrogens is 368 g/mol. The first-order chi connectivity index (χ1) is 12.4. The van der Waals surface area contributed by atoms with Crippen LogP contribution in [0.2, 0.25) is 0 Å². The molecule has 2 heterocycles. The third-order valence-corrected chi connectivity index (χ3v) is 7.35. The maximum absolute atomic E-state index is 13.1. The van der Waals surface area contributed by atoms with E-state index in [1.54, 1.807) is 11.3 Å². The fourth-order valence-electron chi connectivity index (χ4n) is 3.68. The van der Waals surface area contributed by atoms with Gasteiger partial charge in [-0.25, -0.2) is 8.42 Å². The van der Waals surface area contributed by atoms with Crippen molar-refractivity contribution in [1.29, 1.82) is 0 Å². The van der Waals surface area contributed by atoms with Crippen LogP contribution in [0.3, 0.4) is 0 Å². The Bertz CT molecular complexity index is 904. The lowest BCUT2D eigenvalue weighted by molar-refractivity contribution is -0.133. The molecule has 0 bridgehead atoms. The summed E-state index contributed by atoms with van der Waals surface area (Å²) in [7, 11) is -3.38. The van der Waals surface area contributed by atoms with E-state index in [9.17, 15) is 13.2 Å². The fourth-order valence-corrected chi connectivity index (χ4v) is 5.68. The van der Waals surface area contributed by atoms with Gasteiger partial charge in [0.15, 0.2) is 0 Å². The molecule has 1 aromatic heterocycles. The molecule has 1 amide bonds. The normalized spacial score (nSPS) is 20.2. The highest BCUT2D eigenvalue weighted by Gasteiger charge is 2.39. The second-order valence-electron chi connectivity index (χ2n) is 6.99. The minimum absolute atomic E-state index is 0.00868. The van der Waals surface area contributed by atoms with Gasteiger partial charge in [0.2, 0.25) is 15.9 Å². The Morgan fingerprint density at radius 1 is 1.23 bits per heavy atom. The number of nitrogens with zero attached hydrogens (tertiary/aromatic N) is 2. The number of thiophene rings is 1. The maximum Gasteiger partial charge on any atom is 0.238 e. The smallest absolute Gasteiger partial charge is 0.238 e. The van der Waals surface area contributed by atoms with Crippen LogP contribution in [0.15, 0.2) is 41.8 Å². The molecule has 1 aliphatic heterocycles. The first-order valence-corrected chi connectivity index (χ1v) is 11.6. The molecular formula is C19H22N2O3S2. The lowest BCUT2D eigenvalue weighted by Gasteiger charge is -2.37. The van der Waals surface area contributed by atoms with Gasteiger partial charge in [-0.05, 0) is 41.8 Å². The molecule has 0 N–H and O–H groups in total. The number of sulfonamides is 1. The molecule has 1 fully saturated rings. The van der Waals surface area contributed by atoms with Crippen molar-refractivity contribution >= 4 is 27.3 Å². The van der Waals surface area contributed by atoms with Crippen LogP contribution >= 0.6 is 11.3 Å². The summed E-state index contributed by atoms with van der Waals surface area (Å²) in [6, 6.07) is 11.9. The van der Waals surface area contributed by atoms with Gasteiger partial charge in [-0.15, -0.1) is 11.3 Å². The van der Waals surface area contributed by atoms with Crippen LogP contribution in [0.25, 0.3) is 0 Å². The quantitative estimate of drug-likeness (QED) is 0.789. The number of benzene rings is 1. The van der Waals surface area contributed by atoms with E-state index in [1.165, 1.54) is 15.4 Å². The van der Waals surface area contributed by atoms with Gasteiger partial charge < -0.3 is 4.90 Å². The van der Waals surface area contributed by atoms with Gasteiger partial charge in [-0.1, -0.05) is 30.3 Å². The number of rotatable bonds is 5. The summed E-state index contributed by atoms with van der Waals surface area (Å²) in [4.78, 5) is 16.3. The lowest BCUT2D eigenvalue weighted by atomic mass is 9.93. The summed E-state index contributed by atoms with van der Waals surface area (Å²) < 4.78 is 25.6. The molecule has 4 rings (SSSR count). The van der Waals surface area contributed by atoms with Crippen molar-refractivity contribution in [3.8, 4) is 0 Å². The number of hydrogen-bond donors (Lipinski definition) is 0. The summed E-state index contributed by atoms with van der Waals surface area (Å²) in [5, 5.41) is 2.07. The average Bonchev–Trinajstić information content (AvgIpc) is 3.34. The van der Waals surface area contributed by atoms with E-state index >= 15 is 0 Å². The average molecular weight is 391 g/mol. The van der Waals surface area contributed by atoms with Crippen molar-refractivity contribution < 1.29 is 13.2 Å². The Kier molecular flexibility index (Phi) is 4.62. The predicted molar refractivity (Wildman–Crippen MR) is 103 cm³/mol. The third-order valence-electron chi connectivity index (χ3n) is 5.07. The maximum atomic E-state index is 13.1. The minimum atomic E-state index is -3.38. The fraction of sp³-hybridized carbons (Fsp3) is 0.421. The van der Waals surface area contributed by atoms with Crippen molar-refractivity contribution in [2.24, 2.45) is 0 Å². The van der Waals surface area contributed by atoms with Crippen LogP contribution in [0.5, 0.6) is 0 Å². The highest BCUT2D eigenvalue weighted by Crippen LogP contribution is 2.38. The number of carbonyl (C=O) groups excluding carboxylic acids is 1. The monoisotopic (exact) mass is 390 g/mol. The van der Waals surface area contributed by atoms with E-state index < -0.39 is 10.0 Å². The Labute approximate surface area is 158 Å². The molecule has 0 spiro atoms. The van der Waals surface area contributed by atoms with Crippen molar-refractivity contribution in [1.82, 2.24) is 9.21 Å². The van der Waals surface area contributed by atoms with Crippen molar-refractivity contribution in [2.45, 2.75) is 31.3 Å². The first-order valence-electron chi connectivity index (χ1n) is 8.82. The Morgan fingerprint density at radius 2 is 1.96 bits per heavy atom. The highest BCUT2D eigenvalue weighted by molar-refractivity contribution is 7.88. The molecule has 138 valence electrons. The molecule has 1 atom stereocenters. The summed E-state index contributed by atoms with van der Waals surface area (Å²) in [5.74, 6) is -0.118. The van der Waals surface area contributed by atoms with E-state index in [2.05, 4.69) is 11.4 Å². The van der Waals surface area contributed by atoms with Gasteiger partial charge in [0.25, 0.3) is 0 Å². The summed E-state index contributed by atoms with van der Waals surface area (Å²) in [6.45, 7) is 0.556. The molecule has 1 saturated carbocycles. The van der Waals surface area contributed by atoms with Crippen LogP contribution in [-0.4, -0.2) is 48.9 Å². The van der Waals surface area contributed by atoms with Gasteiger partial charge in [0.05, 0.1) is 18.8 Å². The molecule has 5 nitrogen and oxygen atoms in total. The van der Waals surface area contributed by atoms with Crippen LogP contribution < -0.4 is 0 Å². The van der Waals surface area contributed by atoms with E-state index in [-0.39, 0.29) is 24.5 Å². The second-order valence-corrected chi connectivity index (χ2v) is 9.92. The van der Waals surface area contributed by atoms with Crippen LogP contribution in [0.4, 0.5) is 0 Å². The molecule has 1 unspecified atom stereocenters. The van der Waals surface area contributed by atoms with Crippen molar-refractivity contribution in [2.75, 3.05) is 19.3 Å². The highest BCUT2D eigenvalue weighted by atomic mass is 32.2. The van der Waals surface area contributed by atoms with Crippen LogP contribution in [0, 0.1) is 0 Å². The molecule has 26 heavy (non-hydrogen) atoms. The first kappa shape index (κ1) is 17.7. The number of carbonyl (C=O) groups is 1. The van der Waals surface area contributed by atoms with E-state index in [0.717, 1.165) is 30.4 Å². The summed E-state index contributed by atoms with van der Waals surface area (Å²) in [6.07, 6.45) is 3.71. The Morgan fingerprint density at radius 3 is 2.62 bits per heavy atom. The summed E-state index contributed by atoms with van der Waals surface area (Å²) in [5.41, 5.74) is 2.23. The number of fused-ring (bicyclic) bond motifs is 1. The largest absolute Gasteiger partial charge is 0.330 e. The SMILES string of the molecule is CS(=O)(=O)N(CC(=O)N1CCc2sccc2C1c1ccccc1)C1CC1. The van der Waals surface area contributed by atoms with Gasteiger partial charge in [0, 0.05) is 17.5 Å². The standard InChI is InChI=1S/C19H22N2O3S2/c1-26(23,24)21(15-7-8-15)13-18(22)20-11-9-17-16(10-12-25-17)19(20)14-5-3-2-4-6-14/h2-6,10,12,15,19H,7-9,11,13H2,1H3. The van der Waals surface area contributed by atoms with Gasteiger partial charge in [-0.3, -0.25) is 4.79 Å². The Balaban J connectivity index is 1.65. The number of hydrogen-bond acceptors (Lipinski definition) is 4. The van der Waals surface area contributed by atoms with Gasteiger partial charge in [-0.2, -0.15) is 4.31 Å². The number of amides is 1. The second kappa shape index (κ2) is 6.79. The molecule has 1 aliphatic carbocycles. The molecule has 2 aromatic rings. The van der Waals surface area contributed by atoms with E-state index in [4.69, 9.17) is 0 Å². The summed E-state index contributed by atoms with van der Waals surface area (Å²) >= 11 is 1.73. The van der Waals surface area contributed by atoms with Crippen molar-refractivity contribution in [3.05, 3.63) is 57.8 Å². The lowest BCUT2D eigenvalue weighted by Crippen LogP contribution is -2.47. The zero-order valence-electron chi connectivity index (χ0n) is 14.7. The molecule has 7 heteroatoms. The van der Waals surface area contributed by atoms with Gasteiger partial charge in [0.1, 0.15) is 0 Å². The molecule has 0 saturated heterocycles. The molecule has 1 aromatic carbocycles.